The van der Waals surface area contributed by atoms with Crippen LogP contribution < -0.4 is 0 Å². The van der Waals surface area contributed by atoms with Crippen LogP contribution in [0.5, 0.6) is 0 Å². The van der Waals surface area contributed by atoms with Crippen LogP contribution in [-0.4, -0.2) is 11.1 Å². The fourth-order valence-electron chi connectivity index (χ4n) is 1.17. The second-order valence-corrected chi connectivity index (χ2v) is 3.74. The Kier molecular flexibility index (Phi) is 11.0. The molecule has 0 amide bonds. The van der Waals surface area contributed by atoms with E-state index in [1.54, 1.807) is 24.3 Å². The van der Waals surface area contributed by atoms with Crippen LogP contribution in [0.2, 0.25) is 0 Å². The van der Waals surface area contributed by atoms with E-state index in [1.165, 1.54) is 0 Å². The Balaban J connectivity index is 4.20. The van der Waals surface area contributed by atoms with E-state index < -0.39 is 5.97 Å². The number of hydrogen-bond donors (Lipinski definition) is 1. The van der Waals surface area contributed by atoms with Crippen molar-refractivity contribution in [3.05, 3.63) is 72.4 Å². The van der Waals surface area contributed by atoms with Crippen molar-refractivity contribution in [2.24, 2.45) is 0 Å². The van der Waals surface area contributed by atoms with Crippen molar-refractivity contribution in [3.63, 3.8) is 0 Å². The molecule has 0 bridgehead atoms. The van der Waals surface area contributed by atoms with Crippen molar-refractivity contribution in [2.75, 3.05) is 0 Å². The first-order chi connectivity index (χ1) is 9.22. The van der Waals surface area contributed by atoms with Gasteiger partial charge in [0.1, 0.15) is 0 Å². The summed E-state index contributed by atoms with van der Waals surface area (Å²) in [5.74, 6) is -0.914. The van der Waals surface area contributed by atoms with Gasteiger partial charge in [0.05, 0.1) is 5.57 Å². The molecule has 0 heterocycles. The first kappa shape index (κ1) is 16.9. The van der Waals surface area contributed by atoms with Gasteiger partial charge in [-0.25, -0.2) is 4.79 Å². The molecule has 0 aliphatic heterocycles. The second-order valence-electron chi connectivity index (χ2n) is 3.74. The zero-order valence-electron chi connectivity index (χ0n) is 11.6. The highest BCUT2D eigenvalue weighted by atomic mass is 16.4. The zero-order valence-corrected chi connectivity index (χ0v) is 11.6. The number of aliphatic carboxylic acids is 1. The van der Waals surface area contributed by atoms with E-state index in [4.69, 9.17) is 5.11 Å². The normalized spacial score (nSPS) is 13.9. The Labute approximate surface area is 115 Å². The molecule has 0 rings (SSSR count). The quantitative estimate of drug-likeness (QED) is 0.510. The molecule has 0 fully saturated rings. The maximum atomic E-state index is 10.9. The van der Waals surface area contributed by atoms with Gasteiger partial charge < -0.3 is 5.11 Å². The number of carbonyl (C=O) groups is 1. The fraction of sp³-hybridized carbons (Fsp3) is 0.235. The molecule has 0 aromatic heterocycles. The minimum atomic E-state index is -0.914. The van der Waals surface area contributed by atoms with E-state index in [1.807, 2.05) is 43.4 Å². The van der Waals surface area contributed by atoms with Crippen LogP contribution in [0, 0.1) is 0 Å². The van der Waals surface area contributed by atoms with Crippen LogP contribution in [-0.2, 0) is 4.79 Å². The molecule has 1 N–H and O–H groups in total. The van der Waals surface area contributed by atoms with Crippen LogP contribution in [0.4, 0.5) is 0 Å². The third kappa shape index (κ3) is 10.8. The molecule has 102 valence electrons. The van der Waals surface area contributed by atoms with Gasteiger partial charge in [-0.1, -0.05) is 67.7 Å². The Hall–Kier alpha value is -2.09. The molecule has 0 saturated carbocycles. The molecule has 0 aromatic carbocycles. The Morgan fingerprint density at radius 3 is 2.26 bits per heavy atom. The molecule has 2 heteroatoms. The third-order valence-corrected chi connectivity index (χ3v) is 2.13. The maximum Gasteiger partial charge on any atom is 0.335 e. The molecule has 0 radical (unpaired) electrons. The first-order valence-electron chi connectivity index (χ1n) is 6.43. The van der Waals surface area contributed by atoms with Gasteiger partial charge in [-0.05, 0) is 25.8 Å². The van der Waals surface area contributed by atoms with E-state index in [-0.39, 0.29) is 5.57 Å². The summed E-state index contributed by atoms with van der Waals surface area (Å²) in [7, 11) is 0. The highest BCUT2D eigenvalue weighted by Gasteiger charge is 1.99. The summed E-state index contributed by atoms with van der Waals surface area (Å²) in [5, 5.41) is 8.93. The smallest absolute Gasteiger partial charge is 0.335 e. The molecule has 0 aromatic rings. The summed E-state index contributed by atoms with van der Waals surface area (Å²) in [6, 6.07) is 0. The van der Waals surface area contributed by atoms with E-state index in [2.05, 4.69) is 13.0 Å². The highest BCUT2D eigenvalue weighted by Crippen LogP contribution is 2.00. The fourth-order valence-corrected chi connectivity index (χ4v) is 1.17. The summed E-state index contributed by atoms with van der Waals surface area (Å²) in [5.41, 5.74) is 0.285. The van der Waals surface area contributed by atoms with Crippen molar-refractivity contribution < 1.29 is 9.90 Å². The van der Waals surface area contributed by atoms with Gasteiger partial charge in [-0.2, -0.15) is 0 Å². The lowest BCUT2D eigenvalue weighted by Gasteiger charge is -1.91. The van der Waals surface area contributed by atoms with Gasteiger partial charge in [-0.15, -0.1) is 0 Å². The standard InChI is InChI=1S/C17H22O2/c1-3-5-7-8-9-10-11-12-13-15-16(17(18)19)14-6-4-2/h4-11,13-15H,3,12H2,1-2H3,(H,18,19)/b6-4+,7-5+,9-8+,11-10+,15-13+,16-14-. The molecule has 0 unspecified atom stereocenters. The van der Waals surface area contributed by atoms with Crippen molar-refractivity contribution in [1.29, 1.82) is 0 Å². The monoisotopic (exact) mass is 258 g/mol. The van der Waals surface area contributed by atoms with Crippen LogP contribution in [0.25, 0.3) is 0 Å². The van der Waals surface area contributed by atoms with Crippen LogP contribution in [0.1, 0.15) is 26.7 Å². The van der Waals surface area contributed by atoms with E-state index in [9.17, 15) is 4.79 Å². The summed E-state index contributed by atoms with van der Waals surface area (Å²) in [4.78, 5) is 10.9. The van der Waals surface area contributed by atoms with Gasteiger partial charge in [0.2, 0.25) is 0 Å². The van der Waals surface area contributed by atoms with Gasteiger partial charge in [0.15, 0.2) is 0 Å². The van der Waals surface area contributed by atoms with Crippen molar-refractivity contribution in [3.8, 4) is 0 Å². The molecule has 2 nitrogen and oxygen atoms in total. The largest absolute Gasteiger partial charge is 0.478 e. The van der Waals surface area contributed by atoms with E-state index >= 15 is 0 Å². The van der Waals surface area contributed by atoms with Crippen molar-refractivity contribution >= 4 is 5.97 Å². The molecule has 0 atom stereocenters. The van der Waals surface area contributed by atoms with Crippen LogP contribution >= 0.6 is 0 Å². The molecule has 0 spiro atoms. The number of carboxylic acids is 1. The van der Waals surface area contributed by atoms with Gasteiger partial charge >= 0.3 is 5.97 Å². The van der Waals surface area contributed by atoms with Gasteiger partial charge in [0, 0.05) is 0 Å². The van der Waals surface area contributed by atoms with Gasteiger partial charge in [-0.3, -0.25) is 0 Å². The lowest BCUT2D eigenvalue weighted by atomic mass is 10.2. The number of hydrogen-bond acceptors (Lipinski definition) is 1. The molecular formula is C17H22O2. The minimum Gasteiger partial charge on any atom is -0.478 e. The minimum absolute atomic E-state index is 0.285. The molecule has 19 heavy (non-hydrogen) atoms. The van der Waals surface area contributed by atoms with E-state index in [0.717, 1.165) is 6.42 Å². The van der Waals surface area contributed by atoms with Crippen molar-refractivity contribution in [1.82, 2.24) is 0 Å². The van der Waals surface area contributed by atoms with E-state index in [0.29, 0.717) is 6.42 Å². The average molecular weight is 258 g/mol. The summed E-state index contributed by atoms with van der Waals surface area (Å²) < 4.78 is 0. The lowest BCUT2D eigenvalue weighted by molar-refractivity contribution is -0.132. The molecular weight excluding hydrogens is 236 g/mol. The predicted octanol–water partition coefficient (Wildman–Crippen LogP) is 4.60. The lowest BCUT2D eigenvalue weighted by Crippen LogP contribution is -1.96. The third-order valence-electron chi connectivity index (χ3n) is 2.13. The second kappa shape index (κ2) is 12.4. The SMILES string of the molecule is C/C=C/C=C(/C=C/C/C=C/C=C/C=C/CC)C(=O)O. The average Bonchev–Trinajstić information content (AvgIpc) is 2.39. The maximum absolute atomic E-state index is 10.9. The summed E-state index contributed by atoms with van der Waals surface area (Å²) in [6.07, 6.45) is 22.2. The first-order valence-corrected chi connectivity index (χ1v) is 6.43. The molecule has 0 aliphatic carbocycles. The topological polar surface area (TPSA) is 37.3 Å². The Morgan fingerprint density at radius 2 is 1.68 bits per heavy atom. The zero-order chi connectivity index (χ0) is 14.3. The predicted molar refractivity (Wildman–Crippen MR) is 82.0 cm³/mol. The Morgan fingerprint density at radius 1 is 1.00 bits per heavy atom. The Bertz CT molecular complexity index is 419. The number of rotatable bonds is 8. The van der Waals surface area contributed by atoms with Gasteiger partial charge in [0.25, 0.3) is 0 Å². The summed E-state index contributed by atoms with van der Waals surface area (Å²) >= 11 is 0. The highest BCUT2D eigenvalue weighted by molar-refractivity contribution is 5.90. The van der Waals surface area contributed by atoms with Crippen LogP contribution in [0.3, 0.4) is 0 Å². The number of carboxylic acid groups (broad SMARTS) is 1. The molecule has 0 saturated heterocycles. The number of allylic oxidation sites excluding steroid dienone is 10. The molecule has 0 aliphatic rings. The van der Waals surface area contributed by atoms with Crippen LogP contribution in [0.15, 0.2) is 72.4 Å². The van der Waals surface area contributed by atoms with Crippen molar-refractivity contribution in [2.45, 2.75) is 26.7 Å². The summed E-state index contributed by atoms with van der Waals surface area (Å²) in [6.45, 7) is 3.94.